The molecule has 0 heterocycles. The number of aliphatic hydroxyl groups excluding tert-OH is 1. The van der Waals surface area contributed by atoms with Crippen LogP contribution >= 0.6 is 0 Å². The van der Waals surface area contributed by atoms with Crippen LogP contribution in [0.15, 0.2) is 0 Å². The van der Waals surface area contributed by atoms with E-state index < -0.39 is 18.1 Å². The lowest BCUT2D eigenvalue weighted by Gasteiger charge is -2.19. The topological polar surface area (TPSA) is 131 Å². The quantitative estimate of drug-likeness (QED) is 0.194. The van der Waals surface area contributed by atoms with Gasteiger partial charge in [0.1, 0.15) is 6.54 Å². The molecule has 9 nitrogen and oxygen atoms in total. The van der Waals surface area contributed by atoms with Gasteiger partial charge < -0.3 is 26.2 Å². The van der Waals surface area contributed by atoms with Gasteiger partial charge in [-0.2, -0.15) is 0 Å². The number of aliphatic carboxylic acids is 1. The van der Waals surface area contributed by atoms with E-state index >= 15 is 0 Å². The van der Waals surface area contributed by atoms with E-state index in [1.54, 1.807) is 0 Å². The van der Waals surface area contributed by atoms with Crippen molar-refractivity contribution in [3.05, 3.63) is 0 Å². The van der Waals surface area contributed by atoms with Gasteiger partial charge in [0.25, 0.3) is 0 Å². The third-order valence-corrected chi connectivity index (χ3v) is 3.05. The van der Waals surface area contributed by atoms with Crippen molar-refractivity contribution in [2.45, 2.75) is 31.4 Å². The second-order valence-electron chi connectivity index (χ2n) is 6.00. The van der Waals surface area contributed by atoms with Crippen LogP contribution in [0.4, 0.5) is 0 Å². The van der Waals surface area contributed by atoms with Crippen molar-refractivity contribution >= 4 is 11.9 Å². The van der Waals surface area contributed by atoms with Crippen LogP contribution in [-0.2, 0) is 9.59 Å². The third-order valence-electron chi connectivity index (χ3n) is 3.05. The van der Waals surface area contributed by atoms with Crippen molar-refractivity contribution in [2.75, 3.05) is 47.3 Å². The maximum Gasteiger partial charge on any atom is 0.319 e. The van der Waals surface area contributed by atoms with Gasteiger partial charge in [0.15, 0.2) is 0 Å². The number of carboxylic acids is 1. The molecule has 0 saturated heterocycles. The van der Waals surface area contributed by atoms with E-state index in [4.69, 9.17) is 10.8 Å². The smallest absolute Gasteiger partial charge is 0.319 e. The van der Waals surface area contributed by atoms with Gasteiger partial charge in [-0.05, 0) is 40.0 Å². The third kappa shape index (κ3) is 14.1. The van der Waals surface area contributed by atoms with Crippen molar-refractivity contribution in [1.82, 2.24) is 20.7 Å². The highest BCUT2D eigenvalue weighted by Gasteiger charge is 2.16. The molecule has 1 amide bonds. The van der Waals surface area contributed by atoms with Gasteiger partial charge in [0, 0.05) is 26.1 Å². The number of hydrazine groups is 1. The second-order valence-corrected chi connectivity index (χ2v) is 6.00. The molecule has 0 unspecified atom stereocenters. The first-order valence-corrected chi connectivity index (χ1v) is 7.72. The first kappa shape index (κ1) is 21.7. The number of aliphatic hydroxyl groups is 1. The molecule has 6 N–H and O–H groups in total. The monoisotopic (exact) mass is 333 g/mol. The summed E-state index contributed by atoms with van der Waals surface area (Å²) < 4.78 is 0. The Bertz CT molecular complexity index is 354. The summed E-state index contributed by atoms with van der Waals surface area (Å²) in [5.74, 6) is -1.40. The van der Waals surface area contributed by atoms with Gasteiger partial charge >= 0.3 is 5.97 Å². The minimum atomic E-state index is -1.03. The zero-order valence-electron chi connectivity index (χ0n) is 14.3. The Morgan fingerprint density at radius 3 is 2.48 bits per heavy atom. The van der Waals surface area contributed by atoms with Crippen molar-refractivity contribution in [1.29, 1.82) is 0 Å². The molecule has 0 bridgehead atoms. The molecule has 0 spiro atoms. The number of nitrogens with two attached hydrogens (primary N) is 1. The van der Waals surface area contributed by atoms with Crippen molar-refractivity contribution in [3.8, 4) is 0 Å². The Hall–Kier alpha value is -1.26. The van der Waals surface area contributed by atoms with Crippen molar-refractivity contribution < 1.29 is 19.8 Å². The first-order valence-electron chi connectivity index (χ1n) is 7.72. The summed E-state index contributed by atoms with van der Waals surface area (Å²) in [5.41, 5.74) is 8.25. The summed E-state index contributed by atoms with van der Waals surface area (Å²) in [5, 5.41) is 22.8. The predicted molar refractivity (Wildman–Crippen MR) is 87.7 cm³/mol. The van der Waals surface area contributed by atoms with Gasteiger partial charge in [0.2, 0.25) is 5.91 Å². The molecule has 23 heavy (non-hydrogen) atoms. The molecule has 136 valence electrons. The number of amides is 1. The SMILES string of the molecule is CN(C)CCCNC[C@H](O)C[C@@H](N)CC(=O)NN(C)CC(=O)O. The number of carboxylic acid groups (broad SMARTS) is 1. The Morgan fingerprint density at radius 2 is 1.91 bits per heavy atom. The van der Waals surface area contributed by atoms with Crippen LogP contribution in [-0.4, -0.2) is 91.5 Å². The number of nitrogens with one attached hydrogen (secondary N) is 2. The lowest BCUT2D eigenvalue weighted by atomic mass is 10.1. The molecule has 0 aliphatic rings. The molecule has 0 aromatic carbocycles. The summed E-state index contributed by atoms with van der Waals surface area (Å²) in [6.45, 7) is 1.93. The fourth-order valence-electron chi connectivity index (χ4n) is 2.04. The van der Waals surface area contributed by atoms with Crippen LogP contribution in [0.1, 0.15) is 19.3 Å². The molecule has 0 radical (unpaired) electrons. The molecule has 9 heteroatoms. The van der Waals surface area contributed by atoms with Gasteiger partial charge in [-0.3, -0.25) is 15.0 Å². The predicted octanol–water partition coefficient (Wildman–Crippen LogP) is -1.96. The molecule has 0 aromatic heterocycles. The highest BCUT2D eigenvalue weighted by Crippen LogP contribution is 2.00. The summed E-state index contributed by atoms with van der Waals surface area (Å²) >= 11 is 0. The van der Waals surface area contributed by atoms with Gasteiger partial charge in [0.05, 0.1) is 6.10 Å². The molecule has 2 atom stereocenters. The van der Waals surface area contributed by atoms with Gasteiger partial charge in [-0.15, -0.1) is 0 Å². The number of hydrogen-bond donors (Lipinski definition) is 5. The molecular weight excluding hydrogens is 302 g/mol. The average molecular weight is 333 g/mol. The number of carbonyl (C=O) groups excluding carboxylic acids is 1. The summed E-state index contributed by atoms with van der Waals surface area (Å²) in [4.78, 5) is 24.2. The fourth-order valence-corrected chi connectivity index (χ4v) is 2.04. The van der Waals surface area contributed by atoms with E-state index in [0.29, 0.717) is 13.0 Å². The highest BCUT2D eigenvalue weighted by molar-refractivity contribution is 5.76. The standard InChI is InChI=1S/C14H31N5O4/c1-18(2)6-4-5-16-9-12(20)7-11(15)8-13(21)17-19(3)10-14(22)23/h11-12,16,20H,4-10,15H2,1-3H3,(H,17,21)(H,22,23)/t11-,12-/m1/s1. The van der Waals surface area contributed by atoms with Crippen LogP contribution in [0.25, 0.3) is 0 Å². The lowest BCUT2D eigenvalue weighted by Crippen LogP contribution is -2.44. The molecule has 0 aliphatic heterocycles. The molecule has 0 rings (SSSR count). The van der Waals surface area contributed by atoms with Crippen molar-refractivity contribution in [3.63, 3.8) is 0 Å². The van der Waals surface area contributed by atoms with Crippen LogP contribution < -0.4 is 16.5 Å². The lowest BCUT2D eigenvalue weighted by molar-refractivity contribution is -0.139. The number of carbonyl (C=O) groups is 2. The van der Waals surface area contributed by atoms with Crippen LogP contribution in [0.2, 0.25) is 0 Å². The van der Waals surface area contributed by atoms with Crippen LogP contribution in [0.5, 0.6) is 0 Å². The van der Waals surface area contributed by atoms with E-state index in [1.165, 1.54) is 12.1 Å². The molecule has 0 aromatic rings. The zero-order valence-corrected chi connectivity index (χ0v) is 14.3. The highest BCUT2D eigenvalue weighted by atomic mass is 16.4. The maximum atomic E-state index is 11.7. The minimum absolute atomic E-state index is 0.0294. The van der Waals surface area contributed by atoms with E-state index in [9.17, 15) is 14.7 Å². The summed E-state index contributed by atoms with van der Waals surface area (Å²) in [7, 11) is 5.48. The molecule has 0 aliphatic carbocycles. The van der Waals surface area contributed by atoms with E-state index in [1.807, 2.05) is 14.1 Å². The molecular formula is C14H31N5O4. The first-order chi connectivity index (χ1) is 10.7. The number of rotatable bonds is 13. The van der Waals surface area contributed by atoms with E-state index in [0.717, 1.165) is 19.5 Å². The van der Waals surface area contributed by atoms with E-state index in [2.05, 4.69) is 15.6 Å². The van der Waals surface area contributed by atoms with Gasteiger partial charge in [-0.1, -0.05) is 0 Å². The Balaban J connectivity index is 3.80. The Morgan fingerprint density at radius 1 is 1.26 bits per heavy atom. The second kappa shape index (κ2) is 12.2. The maximum absolute atomic E-state index is 11.7. The molecule has 0 saturated carbocycles. The van der Waals surface area contributed by atoms with Crippen LogP contribution in [0.3, 0.4) is 0 Å². The average Bonchev–Trinajstić information content (AvgIpc) is 2.35. The molecule has 0 fully saturated rings. The summed E-state index contributed by atoms with van der Waals surface area (Å²) in [6, 6.07) is -0.480. The zero-order chi connectivity index (χ0) is 17.8. The van der Waals surface area contributed by atoms with Crippen LogP contribution in [0, 0.1) is 0 Å². The minimum Gasteiger partial charge on any atom is -0.480 e. The van der Waals surface area contributed by atoms with Crippen molar-refractivity contribution in [2.24, 2.45) is 5.73 Å². The number of hydrogen-bond acceptors (Lipinski definition) is 7. The largest absolute Gasteiger partial charge is 0.480 e. The Labute approximate surface area is 137 Å². The Kier molecular flexibility index (Phi) is 11.5. The number of nitrogens with zero attached hydrogens (tertiary/aromatic N) is 2. The van der Waals surface area contributed by atoms with E-state index in [-0.39, 0.29) is 18.9 Å². The number of likely N-dealkylation sites (N-methyl/N-ethyl adjacent to an activating group) is 1. The normalized spacial score (nSPS) is 14.0. The fraction of sp³-hybridized carbons (Fsp3) is 0.857. The summed E-state index contributed by atoms with van der Waals surface area (Å²) in [6.07, 6.45) is 0.705. The van der Waals surface area contributed by atoms with Gasteiger partial charge in [-0.25, -0.2) is 5.01 Å².